The first-order valence-corrected chi connectivity index (χ1v) is 39.5. The van der Waals surface area contributed by atoms with Crippen LogP contribution in [0.2, 0.25) is 10.8 Å². The van der Waals surface area contributed by atoms with Crippen molar-refractivity contribution in [3.8, 4) is 0 Å². The van der Waals surface area contributed by atoms with Gasteiger partial charge in [-0.25, -0.2) is 4.70 Å². The maximum atomic E-state index is 11.8. The molecule has 1 heterocycles. The van der Waals surface area contributed by atoms with Crippen LogP contribution < -0.4 is 0 Å². The van der Waals surface area contributed by atoms with Crippen LogP contribution in [0.15, 0.2) is 59.7 Å². The maximum absolute atomic E-state index is 11.8. The summed E-state index contributed by atoms with van der Waals surface area (Å²) in [4.78, 5) is 0. The van der Waals surface area contributed by atoms with Gasteiger partial charge in [0, 0.05) is 22.3 Å². The molecule has 0 unspecified atom stereocenters. The van der Waals surface area contributed by atoms with Gasteiger partial charge in [-0.2, -0.15) is 0 Å². The molecule has 0 fully saturated rings. The Morgan fingerprint density at radius 3 is 0.881 bits per heavy atom. The van der Waals surface area contributed by atoms with Gasteiger partial charge in [-0.1, -0.05) is 239 Å². The number of allylic oxidation sites excluding steroid dienone is 2. The van der Waals surface area contributed by atoms with Crippen molar-refractivity contribution in [2.75, 3.05) is 0 Å². The van der Waals surface area contributed by atoms with E-state index in [-0.39, 0.29) is 0 Å². The van der Waals surface area contributed by atoms with E-state index in [0.717, 1.165) is 73.9 Å². The molecule has 0 saturated heterocycles. The second-order valence-electron chi connectivity index (χ2n) is 26.5. The first-order chi connectivity index (χ1) is 41.6. The van der Waals surface area contributed by atoms with Crippen LogP contribution in [0.5, 0.6) is 0 Å². The molecule has 0 N–H and O–H groups in total. The number of unbranched alkanes of at least 4 members (excludes halogenated alkanes) is 47. The zero-order valence-corrected chi connectivity index (χ0v) is 58.5. The quantitative estimate of drug-likeness (QED) is 0.0358. The molecule has 2 aromatic carbocycles. The summed E-state index contributed by atoms with van der Waals surface area (Å²) in [6.07, 6.45) is 79.9. The SMILES string of the molecule is CCCCCCCCCCCCCCCCCCCCCC[CH2][Ni][CH2]CCCCCCCCCCCCCCCCCCCCCC.CCCCCCc1cccc(C2=C(CCCC)C(CCCC)=C(c3ccc(CCCCC)cc3)[N+]2=[N-])c1. The Kier molecular flexibility index (Phi) is 55.7. The fourth-order valence-electron chi connectivity index (χ4n) is 12.8. The summed E-state index contributed by atoms with van der Waals surface area (Å²) < 4.78 is 1.54. The molecule has 0 atom stereocenters. The third-order valence-electron chi connectivity index (χ3n) is 18.4. The van der Waals surface area contributed by atoms with Crippen LogP contribution in [0.4, 0.5) is 0 Å². The molecular weight excluding hydrogens is 1060 g/mol. The number of nitrogens with zero attached hydrogens (tertiary/aromatic N) is 2. The molecule has 0 amide bonds. The molecule has 0 aromatic heterocycles. The summed E-state index contributed by atoms with van der Waals surface area (Å²) in [7, 11) is 0. The molecule has 2 nitrogen and oxygen atoms in total. The Morgan fingerprint density at radius 2 is 0.536 bits per heavy atom. The summed E-state index contributed by atoms with van der Waals surface area (Å²) in [6, 6.07) is 17.9. The number of rotatable bonds is 61. The van der Waals surface area contributed by atoms with Gasteiger partial charge in [0.25, 0.3) is 0 Å². The Morgan fingerprint density at radius 1 is 0.262 bits per heavy atom. The monoisotopic (exact) mass is 1200 g/mol. The summed E-state index contributed by atoms with van der Waals surface area (Å²) in [6.45, 7) is 13.7. The molecular formula is C81H144N2Ni. The third-order valence-corrected chi connectivity index (χ3v) is 19.8. The van der Waals surface area contributed by atoms with Crippen LogP contribution in [-0.2, 0) is 27.3 Å². The minimum atomic E-state index is 1.00. The average Bonchev–Trinajstić information content (AvgIpc) is 2.15. The molecule has 488 valence electrons. The van der Waals surface area contributed by atoms with E-state index >= 15 is 0 Å². The minimum absolute atomic E-state index is 1.00. The third kappa shape index (κ3) is 42.0. The van der Waals surface area contributed by atoms with E-state index in [9.17, 15) is 5.53 Å². The zero-order valence-electron chi connectivity index (χ0n) is 57.5. The second-order valence-corrected chi connectivity index (χ2v) is 27.9. The first kappa shape index (κ1) is 78.1. The van der Waals surface area contributed by atoms with Crippen molar-refractivity contribution in [2.45, 2.75) is 418 Å². The van der Waals surface area contributed by atoms with E-state index in [4.69, 9.17) is 0 Å². The number of aryl methyl sites for hydroxylation is 2. The number of benzene rings is 2. The van der Waals surface area contributed by atoms with Crippen LogP contribution in [-0.4, -0.2) is 4.70 Å². The van der Waals surface area contributed by atoms with Crippen molar-refractivity contribution in [1.82, 2.24) is 0 Å². The fourth-order valence-corrected chi connectivity index (χ4v) is 14.0. The summed E-state index contributed by atoms with van der Waals surface area (Å²) >= 11 is 2.05. The van der Waals surface area contributed by atoms with E-state index < -0.39 is 0 Å². The Balaban J connectivity index is 0.000000587. The topological polar surface area (TPSA) is 25.3 Å². The molecule has 0 bridgehead atoms. The number of hydrogen-bond donors (Lipinski definition) is 0. The molecule has 0 saturated carbocycles. The fraction of sp³-hybridized carbons (Fsp3) is 0.802. The van der Waals surface area contributed by atoms with Gasteiger partial charge in [-0.05, 0) is 86.8 Å². The Hall–Kier alpha value is -1.99. The van der Waals surface area contributed by atoms with E-state index in [2.05, 4.69) is 105 Å². The second kappa shape index (κ2) is 60.0. The molecule has 84 heavy (non-hydrogen) atoms. The predicted octanol–water partition coefficient (Wildman–Crippen LogP) is 29.4. The van der Waals surface area contributed by atoms with Gasteiger partial charge in [-0.15, -0.1) is 0 Å². The normalized spacial score (nSPS) is 12.6. The molecule has 1 aliphatic heterocycles. The molecule has 0 aliphatic carbocycles. The van der Waals surface area contributed by atoms with Crippen molar-refractivity contribution in [1.29, 1.82) is 0 Å². The van der Waals surface area contributed by atoms with Gasteiger partial charge in [0.1, 0.15) is 0 Å². The molecule has 0 spiro atoms. The van der Waals surface area contributed by atoms with Crippen LogP contribution >= 0.6 is 0 Å². The molecule has 3 rings (SSSR count). The minimum Gasteiger partial charge on any atom is -0.493 e. The van der Waals surface area contributed by atoms with Crippen LogP contribution in [0, 0.1) is 0 Å². The van der Waals surface area contributed by atoms with Gasteiger partial charge >= 0.3 is 166 Å². The molecule has 1 aliphatic rings. The van der Waals surface area contributed by atoms with E-state index in [1.807, 2.05) is 0 Å². The van der Waals surface area contributed by atoms with Crippen molar-refractivity contribution >= 4 is 11.4 Å². The standard InChI is InChI=1S/C35H50N2.2C23H47.Ni/c1-5-9-13-15-18-29-19-16-20-31(27-29)35-33(22-12-8-4)32(21-11-7-3)34(37(35)36)30-25-23-28(24-26-30)17-14-10-6-2;2*1-3-5-7-9-11-13-15-17-19-21-23-22-20-18-16-14-12-10-8-6-4-2;/h16,19-20,23-27H,5-15,17-18,21-22H2,1-4H3;2*1,3-23H2,2H3;. The Bertz CT molecular complexity index is 1760. The molecule has 2 aromatic rings. The predicted molar refractivity (Wildman–Crippen MR) is 375 cm³/mol. The van der Waals surface area contributed by atoms with Crippen LogP contribution in [0.25, 0.3) is 16.9 Å². The average molecular weight is 1200 g/mol. The summed E-state index contributed by atoms with van der Waals surface area (Å²) in [5.74, 6) is 0. The smallest absolute Gasteiger partial charge is 0.493 e. The van der Waals surface area contributed by atoms with Crippen molar-refractivity contribution in [3.63, 3.8) is 0 Å². The van der Waals surface area contributed by atoms with Crippen LogP contribution in [0.1, 0.15) is 417 Å². The van der Waals surface area contributed by atoms with Crippen molar-refractivity contribution in [2.24, 2.45) is 0 Å². The van der Waals surface area contributed by atoms with E-state index in [1.165, 1.54) is 352 Å². The summed E-state index contributed by atoms with van der Waals surface area (Å²) in [5.41, 5.74) is 21.6. The van der Waals surface area contributed by atoms with Gasteiger partial charge in [0.15, 0.2) is 0 Å². The number of hydrogen-bond acceptors (Lipinski definition) is 0. The van der Waals surface area contributed by atoms with E-state index in [0.29, 0.717) is 0 Å². The molecule has 3 heteroatoms. The van der Waals surface area contributed by atoms with Gasteiger partial charge in [0.2, 0.25) is 11.4 Å². The van der Waals surface area contributed by atoms with Gasteiger partial charge < -0.3 is 5.53 Å². The zero-order chi connectivity index (χ0) is 60.3. The molecule has 0 radical (unpaired) electrons. The van der Waals surface area contributed by atoms with Crippen LogP contribution in [0.3, 0.4) is 0 Å². The summed E-state index contributed by atoms with van der Waals surface area (Å²) in [5, 5.41) is 2.87. The Labute approximate surface area is 533 Å². The van der Waals surface area contributed by atoms with E-state index in [1.54, 1.807) is 0 Å². The first-order valence-electron chi connectivity index (χ1n) is 38.1. The van der Waals surface area contributed by atoms with Crippen molar-refractivity contribution in [3.05, 3.63) is 87.5 Å². The van der Waals surface area contributed by atoms with Gasteiger partial charge in [-0.3, -0.25) is 0 Å². The van der Waals surface area contributed by atoms with Crippen molar-refractivity contribution < 1.29 is 19.1 Å². The van der Waals surface area contributed by atoms with Gasteiger partial charge in [0.05, 0.1) is 0 Å².